The predicted octanol–water partition coefficient (Wildman–Crippen LogP) is 2.33. The number of rotatable bonds is 5. The van der Waals surface area contributed by atoms with Gasteiger partial charge in [-0.25, -0.2) is 0 Å². The molecular formula is C16H18N4O3S. The molecule has 7 nitrogen and oxygen atoms in total. The van der Waals surface area contributed by atoms with E-state index in [4.69, 9.17) is 4.52 Å². The highest BCUT2D eigenvalue weighted by Gasteiger charge is 2.22. The first-order valence-electron chi connectivity index (χ1n) is 7.62. The fraction of sp³-hybridized carbons (Fsp3) is 0.375. The fourth-order valence-corrected chi connectivity index (χ4v) is 3.10. The van der Waals surface area contributed by atoms with Crippen LogP contribution in [0.4, 0.5) is 5.69 Å². The number of carbonyl (C=O) groups is 2. The minimum Gasteiger partial charge on any atom is -0.334 e. The van der Waals surface area contributed by atoms with Gasteiger partial charge in [-0.3, -0.25) is 9.59 Å². The van der Waals surface area contributed by atoms with Gasteiger partial charge in [-0.05, 0) is 24.3 Å². The van der Waals surface area contributed by atoms with Crippen LogP contribution in [-0.4, -0.2) is 45.0 Å². The fourth-order valence-electron chi connectivity index (χ4n) is 2.20. The van der Waals surface area contributed by atoms with Crippen LogP contribution in [-0.2, 0) is 9.59 Å². The summed E-state index contributed by atoms with van der Waals surface area (Å²) in [5, 5.41) is 6.71. The summed E-state index contributed by atoms with van der Waals surface area (Å²) in [6, 6.07) is 7.16. The highest BCUT2D eigenvalue weighted by atomic mass is 32.2. The number of thioether (sulfide) groups is 1. The molecule has 1 aromatic carbocycles. The summed E-state index contributed by atoms with van der Waals surface area (Å²) in [4.78, 5) is 29.4. The van der Waals surface area contributed by atoms with Crippen LogP contribution in [0.2, 0.25) is 0 Å². The van der Waals surface area contributed by atoms with Crippen LogP contribution in [0.15, 0.2) is 28.8 Å². The molecule has 2 aromatic rings. The average Bonchev–Trinajstić information content (AvgIpc) is 3.18. The Balaban J connectivity index is 1.61. The van der Waals surface area contributed by atoms with Gasteiger partial charge in [0.1, 0.15) is 6.54 Å². The maximum atomic E-state index is 12.0. The van der Waals surface area contributed by atoms with E-state index in [1.807, 2.05) is 26.0 Å². The van der Waals surface area contributed by atoms with E-state index in [0.717, 1.165) is 5.56 Å². The summed E-state index contributed by atoms with van der Waals surface area (Å²) in [5.41, 5.74) is 1.45. The van der Waals surface area contributed by atoms with Gasteiger partial charge < -0.3 is 14.7 Å². The number of hydrogen-bond donors (Lipinski definition) is 1. The van der Waals surface area contributed by atoms with Crippen molar-refractivity contribution in [3.8, 4) is 11.5 Å². The molecule has 8 heteroatoms. The first kappa shape index (κ1) is 16.5. The standard InChI is InChI=1S/C16H18N4O3S/c1-10(2)15-18-16(23-19-15)11-3-5-12(6-4-11)17-13(21)7-20-9-24-8-14(20)22/h3-6,10H,7-9H2,1-2H3,(H,17,21). The number of carbonyl (C=O) groups excluding carboxylic acids is 2. The first-order chi connectivity index (χ1) is 11.5. The summed E-state index contributed by atoms with van der Waals surface area (Å²) in [6.45, 7) is 4.07. The number of amides is 2. The Morgan fingerprint density at radius 2 is 2.12 bits per heavy atom. The number of aromatic nitrogens is 2. The highest BCUT2D eigenvalue weighted by molar-refractivity contribution is 8.00. The molecule has 1 N–H and O–H groups in total. The number of benzene rings is 1. The Labute approximate surface area is 143 Å². The minimum atomic E-state index is -0.210. The van der Waals surface area contributed by atoms with Crippen molar-refractivity contribution >= 4 is 29.3 Å². The van der Waals surface area contributed by atoms with Crippen molar-refractivity contribution in [2.24, 2.45) is 0 Å². The SMILES string of the molecule is CC(C)c1noc(-c2ccc(NC(=O)CN3CSCC3=O)cc2)n1. The third-order valence-corrected chi connectivity index (χ3v) is 4.48. The Kier molecular flexibility index (Phi) is 4.84. The summed E-state index contributed by atoms with van der Waals surface area (Å²) >= 11 is 1.52. The summed E-state index contributed by atoms with van der Waals surface area (Å²) < 4.78 is 5.24. The van der Waals surface area contributed by atoms with Crippen molar-refractivity contribution in [3.05, 3.63) is 30.1 Å². The molecule has 0 saturated carbocycles. The molecule has 1 fully saturated rings. The lowest BCUT2D eigenvalue weighted by Crippen LogP contribution is -2.34. The molecule has 2 amide bonds. The van der Waals surface area contributed by atoms with E-state index in [-0.39, 0.29) is 24.3 Å². The van der Waals surface area contributed by atoms with Crippen LogP contribution in [0.3, 0.4) is 0 Å². The maximum Gasteiger partial charge on any atom is 0.257 e. The van der Waals surface area contributed by atoms with E-state index < -0.39 is 0 Å². The van der Waals surface area contributed by atoms with Crippen molar-refractivity contribution in [1.29, 1.82) is 0 Å². The number of anilines is 1. The third-order valence-electron chi connectivity index (χ3n) is 3.53. The molecular weight excluding hydrogens is 328 g/mol. The largest absolute Gasteiger partial charge is 0.334 e. The van der Waals surface area contributed by atoms with E-state index >= 15 is 0 Å². The predicted molar refractivity (Wildman–Crippen MR) is 91.5 cm³/mol. The van der Waals surface area contributed by atoms with Crippen molar-refractivity contribution in [3.63, 3.8) is 0 Å². The van der Waals surface area contributed by atoms with Crippen LogP contribution in [0.25, 0.3) is 11.5 Å². The zero-order valence-corrected chi connectivity index (χ0v) is 14.3. The number of nitrogens with zero attached hydrogens (tertiary/aromatic N) is 3. The van der Waals surface area contributed by atoms with E-state index in [1.165, 1.54) is 11.8 Å². The topological polar surface area (TPSA) is 88.3 Å². The van der Waals surface area contributed by atoms with Crippen LogP contribution in [0.5, 0.6) is 0 Å². The molecule has 1 aliphatic rings. The van der Waals surface area contributed by atoms with Crippen molar-refractivity contribution < 1.29 is 14.1 Å². The maximum absolute atomic E-state index is 12.0. The zero-order valence-electron chi connectivity index (χ0n) is 13.5. The van der Waals surface area contributed by atoms with E-state index in [9.17, 15) is 9.59 Å². The molecule has 24 heavy (non-hydrogen) atoms. The molecule has 0 unspecified atom stereocenters. The lowest BCUT2D eigenvalue weighted by atomic mass is 10.2. The van der Waals surface area contributed by atoms with Gasteiger partial charge in [0.25, 0.3) is 5.89 Å². The molecule has 1 saturated heterocycles. The molecule has 3 rings (SSSR count). The molecule has 0 aliphatic carbocycles. The smallest absolute Gasteiger partial charge is 0.257 e. The quantitative estimate of drug-likeness (QED) is 0.894. The van der Waals surface area contributed by atoms with Gasteiger partial charge in [-0.2, -0.15) is 4.98 Å². The minimum absolute atomic E-state index is 0.00264. The molecule has 0 bridgehead atoms. The summed E-state index contributed by atoms with van der Waals surface area (Å²) in [7, 11) is 0. The first-order valence-corrected chi connectivity index (χ1v) is 8.78. The van der Waals surface area contributed by atoms with Crippen LogP contribution in [0.1, 0.15) is 25.6 Å². The summed E-state index contributed by atoms with van der Waals surface area (Å²) in [6.07, 6.45) is 0. The average molecular weight is 346 g/mol. The third kappa shape index (κ3) is 3.76. The molecule has 0 radical (unpaired) electrons. The lowest BCUT2D eigenvalue weighted by Gasteiger charge is -2.14. The van der Waals surface area contributed by atoms with Crippen molar-refractivity contribution in [2.45, 2.75) is 19.8 Å². The molecule has 126 valence electrons. The van der Waals surface area contributed by atoms with Crippen LogP contribution >= 0.6 is 11.8 Å². The Morgan fingerprint density at radius 3 is 2.71 bits per heavy atom. The highest BCUT2D eigenvalue weighted by Crippen LogP contribution is 2.22. The second kappa shape index (κ2) is 7.04. The molecule has 0 spiro atoms. The molecule has 1 aliphatic heterocycles. The van der Waals surface area contributed by atoms with Gasteiger partial charge in [-0.1, -0.05) is 19.0 Å². The van der Waals surface area contributed by atoms with Crippen molar-refractivity contribution in [1.82, 2.24) is 15.0 Å². The van der Waals surface area contributed by atoms with Gasteiger partial charge in [0, 0.05) is 17.2 Å². The monoisotopic (exact) mass is 346 g/mol. The second-order valence-electron chi connectivity index (χ2n) is 5.81. The second-order valence-corrected chi connectivity index (χ2v) is 6.76. The Hall–Kier alpha value is -2.35. The molecule has 1 aromatic heterocycles. The van der Waals surface area contributed by atoms with E-state index in [1.54, 1.807) is 17.0 Å². The van der Waals surface area contributed by atoms with Gasteiger partial charge in [0.2, 0.25) is 11.8 Å². The molecule has 0 atom stereocenters. The summed E-state index contributed by atoms with van der Waals surface area (Å²) in [5.74, 6) is 2.13. The Bertz CT molecular complexity index is 742. The van der Waals surface area contributed by atoms with E-state index in [0.29, 0.717) is 29.0 Å². The van der Waals surface area contributed by atoms with Crippen LogP contribution < -0.4 is 5.32 Å². The van der Waals surface area contributed by atoms with Gasteiger partial charge in [0.05, 0.1) is 11.6 Å². The number of nitrogens with one attached hydrogen (secondary N) is 1. The zero-order chi connectivity index (χ0) is 17.1. The van der Waals surface area contributed by atoms with Crippen molar-refractivity contribution in [2.75, 3.05) is 23.5 Å². The number of hydrogen-bond acceptors (Lipinski definition) is 6. The van der Waals surface area contributed by atoms with Gasteiger partial charge in [-0.15, -0.1) is 11.8 Å². The van der Waals surface area contributed by atoms with Gasteiger partial charge in [0.15, 0.2) is 5.82 Å². The lowest BCUT2D eigenvalue weighted by molar-refractivity contribution is -0.130. The van der Waals surface area contributed by atoms with Crippen LogP contribution in [0, 0.1) is 0 Å². The van der Waals surface area contributed by atoms with E-state index in [2.05, 4.69) is 15.5 Å². The Morgan fingerprint density at radius 1 is 1.38 bits per heavy atom. The normalized spacial score (nSPS) is 14.5. The van der Waals surface area contributed by atoms with Gasteiger partial charge >= 0.3 is 0 Å². The molecule has 2 heterocycles.